The van der Waals surface area contributed by atoms with Crippen molar-refractivity contribution in [2.24, 2.45) is 5.73 Å². The van der Waals surface area contributed by atoms with Crippen molar-refractivity contribution in [2.45, 2.75) is 32.2 Å². The van der Waals surface area contributed by atoms with Crippen LogP contribution in [0.3, 0.4) is 0 Å². The van der Waals surface area contributed by atoms with Crippen molar-refractivity contribution in [2.75, 3.05) is 5.32 Å². The van der Waals surface area contributed by atoms with Crippen LogP contribution in [-0.4, -0.2) is 11.9 Å². The highest BCUT2D eigenvalue weighted by Gasteiger charge is 2.15. The van der Waals surface area contributed by atoms with Gasteiger partial charge in [-0.1, -0.05) is 37.4 Å². The van der Waals surface area contributed by atoms with Gasteiger partial charge in [0, 0.05) is 0 Å². The van der Waals surface area contributed by atoms with Gasteiger partial charge in [-0.3, -0.25) is 4.79 Å². The molecule has 0 bridgehead atoms. The number of nitrogens with one attached hydrogen (secondary N) is 1. The molecule has 1 aromatic rings. The Morgan fingerprint density at radius 3 is 2.94 bits per heavy atom. The predicted octanol–water partition coefficient (Wildman–Crippen LogP) is 2.94. The first-order valence-corrected chi connectivity index (χ1v) is 5.94. The van der Waals surface area contributed by atoms with E-state index in [1.54, 1.807) is 6.07 Å². The highest BCUT2D eigenvalue weighted by atomic mass is 35.5. The molecule has 0 aliphatic rings. The number of anilines is 1. The summed E-state index contributed by atoms with van der Waals surface area (Å²) in [5.74, 6) is -1.02. The highest BCUT2D eigenvalue weighted by molar-refractivity contribution is 6.31. The molecular weight excluding hydrogens is 243 g/mol. The Morgan fingerprint density at radius 1 is 1.59 bits per heavy atom. The number of carbonyl (C=O) groups is 1. The van der Waals surface area contributed by atoms with Crippen molar-refractivity contribution in [3.05, 3.63) is 29.0 Å². The van der Waals surface area contributed by atoms with E-state index in [4.69, 9.17) is 17.3 Å². The molecule has 0 saturated heterocycles. The van der Waals surface area contributed by atoms with Gasteiger partial charge >= 0.3 is 0 Å². The number of nitrogens with two attached hydrogens (primary N) is 1. The van der Waals surface area contributed by atoms with Crippen molar-refractivity contribution in [3.63, 3.8) is 0 Å². The Morgan fingerprint density at radius 2 is 2.29 bits per heavy atom. The third-order valence-electron chi connectivity index (χ3n) is 2.41. The van der Waals surface area contributed by atoms with E-state index in [9.17, 15) is 9.18 Å². The zero-order valence-electron chi connectivity index (χ0n) is 9.67. The Balaban J connectivity index is 2.64. The average Bonchev–Trinajstić information content (AvgIpc) is 2.31. The van der Waals surface area contributed by atoms with Gasteiger partial charge in [0.15, 0.2) is 5.82 Å². The summed E-state index contributed by atoms with van der Waals surface area (Å²) in [7, 11) is 0. The van der Waals surface area contributed by atoms with Crippen LogP contribution in [-0.2, 0) is 4.79 Å². The van der Waals surface area contributed by atoms with Gasteiger partial charge in [-0.2, -0.15) is 0 Å². The second-order valence-electron chi connectivity index (χ2n) is 3.84. The standard InChI is InChI=1S/C12H16ClFN2O/c1-2-3-6-9(15)12(17)16-10-7-4-5-8(13)11(10)14/h4-5,7,9H,2-3,6,15H2,1H3,(H,16,17)/t9-/m0/s1. The molecule has 0 saturated carbocycles. The molecule has 0 unspecified atom stereocenters. The lowest BCUT2D eigenvalue weighted by Gasteiger charge is -2.12. The summed E-state index contributed by atoms with van der Waals surface area (Å²) in [4.78, 5) is 11.6. The molecule has 1 atom stereocenters. The molecule has 1 aromatic carbocycles. The summed E-state index contributed by atoms with van der Waals surface area (Å²) >= 11 is 5.60. The lowest BCUT2D eigenvalue weighted by molar-refractivity contribution is -0.117. The second kappa shape index (κ2) is 6.57. The van der Waals surface area contributed by atoms with Gasteiger partial charge in [0.25, 0.3) is 0 Å². The zero-order chi connectivity index (χ0) is 12.8. The number of hydrogen-bond acceptors (Lipinski definition) is 2. The summed E-state index contributed by atoms with van der Waals surface area (Å²) in [5.41, 5.74) is 5.74. The molecule has 94 valence electrons. The number of carbonyl (C=O) groups excluding carboxylic acids is 1. The molecule has 0 heterocycles. The first-order valence-electron chi connectivity index (χ1n) is 5.56. The third kappa shape index (κ3) is 3.98. The number of benzene rings is 1. The molecule has 3 N–H and O–H groups in total. The molecule has 0 aromatic heterocycles. The van der Waals surface area contributed by atoms with Gasteiger partial charge in [-0.05, 0) is 18.6 Å². The lowest BCUT2D eigenvalue weighted by atomic mass is 10.1. The number of halogens is 2. The van der Waals surface area contributed by atoms with E-state index in [-0.39, 0.29) is 16.6 Å². The van der Waals surface area contributed by atoms with E-state index < -0.39 is 11.9 Å². The smallest absolute Gasteiger partial charge is 0.241 e. The summed E-state index contributed by atoms with van der Waals surface area (Å²) in [5, 5.41) is 2.41. The van der Waals surface area contributed by atoms with Crippen molar-refractivity contribution in [3.8, 4) is 0 Å². The molecule has 3 nitrogen and oxygen atoms in total. The van der Waals surface area contributed by atoms with Crippen LogP contribution in [0.2, 0.25) is 5.02 Å². The molecule has 0 fully saturated rings. The third-order valence-corrected chi connectivity index (χ3v) is 2.71. The van der Waals surface area contributed by atoms with Crippen LogP contribution >= 0.6 is 11.6 Å². The highest BCUT2D eigenvalue weighted by Crippen LogP contribution is 2.22. The molecule has 1 rings (SSSR count). The maximum absolute atomic E-state index is 13.5. The van der Waals surface area contributed by atoms with Crippen LogP contribution < -0.4 is 11.1 Å². The van der Waals surface area contributed by atoms with Gasteiger partial charge in [0.05, 0.1) is 16.8 Å². The minimum Gasteiger partial charge on any atom is -0.322 e. The molecule has 5 heteroatoms. The van der Waals surface area contributed by atoms with Crippen molar-refractivity contribution in [1.29, 1.82) is 0 Å². The lowest BCUT2D eigenvalue weighted by Crippen LogP contribution is -2.35. The Kier molecular flexibility index (Phi) is 5.38. The van der Waals surface area contributed by atoms with E-state index in [1.165, 1.54) is 12.1 Å². The Hall–Kier alpha value is -1.13. The van der Waals surface area contributed by atoms with Crippen LogP contribution in [0.1, 0.15) is 26.2 Å². The van der Waals surface area contributed by atoms with E-state index in [0.717, 1.165) is 12.8 Å². The minimum absolute atomic E-state index is 0.0232. The van der Waals surface area contributed by atoms with E-state index >= 15 is 0 Å². The first kappa shape index (κ1) is 13.9. The molecule has 0 radical (unpaired) electrons. The SMILES string of the molecule is CCCC[C@H](N)C(=O)Nc1cccc(Cl)c1F. The quantitative estimate of drug-likeness (QED) is 0.853. The molecule has 1 amide bonds. The van der Waals surface area contributed by atoms with Crippen LogP contribution in [0.25, 0.3) is 0 Å². The van der Waals surface area contributed by atoms with Gasteiger partial charge in [-0.15, -0.1) is 0 Å². The summed E-state index contributed by atoms with van der Waals surface area (Å²) in [6.07, 6.45) is 2.42. The minimum atomic E-state index is -0.634. The van der Waals surface area contributed by atoms with Gasteiger partial charge in [0.1, 0.15) is 0 Å². The van der Waals surface area contributed by atoms with Gasteiger partial charge < -0.3 is 11.1 Å². The van der Waals surface area contributed by atoms with E-state index in [0.29, 0.717) is 6.42 Å². The van der Waals surface area contributed by atoms with Crippen LogP contribution in [0.4, 0.5) is 10.1 Å². The van der Waals surface area contributed by atoms with Crippen molar-refractivity contribution >= 4 is 23.2 Å². The average molecular weight is 259 g/mol. The summed E-state index contributed by atoms with van der Waals surface area (Å²) in [6, 6.07) is 3.82. The fourth-order valence-corrected chi connectivity index (χ4v) is 1.56. The molecule has 0 aliphatic carbocycles. The topological polar surface area (TPSA) is 55.1 Å². The number of amides is 1. The number of unbranched alkanes of at least 4 members (excludes halogenated alkanes) is 1. The maximum Gasteiger partial charge on any atom is 0.241 e. The summed E-state index contributed by atoms with van der Waals surface area (Å²) in [6.45, 7) is 2.02. The largest absolute Gasteiger partial charge is 0.322 e. The van der Waals surface area contributed by atoms with Crippen LogP contribution in [0.15, 0.2) is 18.2 Å². The summed E-state index contributed by atoms with van der Waals surface area (Å²) < 4.78 is 13.5. The number of rotatable bonds is 5. The number of hydrogen-bond donors (Lipinski definition) is 2. The second-order valence-corrected chi connectivity index (χ2v) is 4.25. The Labute approximate surface area is 105 Å². The predicted molar refractivity (Wildman–Crippen MR) is 67.5 cm³/mol. The van der Waals surface area contributed by atoms with Crippen molar-refractivity contribution < 1.29 is 9.18 Å². The zero-order valence-corrected chi connectivity index (χ0v) is 10.4. The Bertz CT molecular complexity index is 398. The monoisotopic (exact) mass is 258 g/mol. The first-order chi connectivity index (χ1) is 8.06. The van der Waals surface area contributed by atoms with Crippen molar-refractivity contribution in [1.82, 2.24) is 0 Å². The molecular formula is C12H16ClFN2O. The van der Waals surface area contributed by atoms with Gasteiger partial charge in [0.2, 0.25) is 5.91 Å². The molecule has 0 aliphatic heterocycles. The fraction of sp³-hybridized carbons (Fsp3) is 0.417. The van der Waals surface area contributed by atoms with E-state index in [2.05, 4.69) is 5.32 Å². The maximum atomic E-state index is 13.5. The molecule has 17 heavy (non-hydrogen) atoms. The van der Waals surface area contributed by atoms with Gasteiger partial charge in [-0.25, -0.2) is 4.39 Å². The normalized spacial score (nSPS) is 12.2. The van der Waals surface area contributed by atoms with Crippen LogP contribution in [0.5, 0.6) is 0 Å². The fourth-order valence-electron chi connectivity index (χ4n) is 1.38. The van der Waals surface area contributed by atoms with E-state index in [1.807, 2.05) is 6.92 Å². The molecule has 0 spiro atoms. The van der Waals surface area contributed by atoms with Crippen LogP contribution in [0, 0.1) is 5.82 Å².